The summed E-state index contributed by atoms with van der Waals surface area (Å²) in [6.45, 7) is 4.56. The number of rotatable bonds is 4. The highest BCUT2D eigenvalue weighted by atomic mass is 16.5. The van der Waals surface area contributed by atoms with Gasteiger partial charge in [-0.3, -0.25) is 4.79 Å². The molecule has 0 aromatic heterocycles. The Kier molecular flexibility index (Phi) is 4.53. The summed E-state index contributed by atoms with van der Waals surface area (Å²) in [4.78, 5) is 11.9. The molecule has 1 amide bonds. The average molecular weight is 276 g/mol. The summed E-state index contributed by atoms with van der Waals surface area (Å²) < 4.78 is 5.45. The van der Waals surface area contributed by atoms with Crippen LogP contribution in [0.15, 0.2) is 24.3 Å². The van der Waals surface area contributed by atoms with E-state index in [1.807, 2.05) is 6.07 Å². The highest BCUT2D eigenvalue weighted by Crippen LogP contribution is 2.35. The Balaban J connectivity index is 1.78. The standard InChI is InChI=1S/C16H24N2O2/c1-16(2)8-4-6-13(10-16)18-15(19)11-20-14-7-3-5-12(17)9-14/h3,5,7,9,13H,4,6,8,10-11,17H2,1-2H3,(H,18,19). The van der Waals surface area contributed by atoms with Gasteiger partial charge in [-0.25, -0.2) is 0 Å². The second-order valence-corrected chi connectivity index (χ2v) is 6.39. The fourth-order valence-corrected chi connectivity index (χ4v) is 2.84. The molecule has 0 heterocycles. The summed E-state index contributed by atoms with van der Waals surface area (Å²) >= 11 is 0. The maximum Gasteiger partial charge on any atom is 0.258 e. The molecule has 3 N–H and O–H groups in total. The lowest BCUT2D eigenvalue weighted by Crippen LogP contribution is -2.42. The normalized spacial score (nSPS) is 21.2. The van der Waals surface area contributed by atoms with Gasteiger partial charge in [0.2, 0.25) is 0 Å². The molecule has 1 fully saturated rings. The number of ether oxygens (including phenoxy) is 1. The number of hydrogen-bond acceptors (Lipinski definition) is 3. The van der Waals surface area contributed by atoms with Crippen LogP contribution in [-0.2, 0) is 4.79 Å². The van der Waals surface area contributed by atoms with Crippen LogP contribution in [0.3, 0.4) is 0 Å². The molecule has 1 unspecified atom stereocenters. The molecule has 1 atom stereocenters. The van der Waals surface area contributed by atoms with Crippen molar-refractivity contribution in [3.8, 4) is 5.75 Å². The van der Waals surface area contributed by atoms with Gasteiger partial charge in [-0.1, -0.05) is 26.3 Å². The molecule has 1 aliphatic carbocycles. The van der Waals surface area contributed by atoms with E-state index in [4.69, 9.17) is 10.5 Å². The van der Waals surface area contributed by atoms with Crippen LogP contribution in [0, 0.1) is 5.41 Å². The van der Waals surface area contributed by atoms with E-state index in [1.54, 1.807) is 18.2 Å². The first-order valence-electron chi connectivity index (χ1n) is 7.22. The highest BCUT2D eigenvalue weighted by molar-refractivity contribution is 5.77. The molecule has 0 bridgehead atoms. The van der Waals surface area contributed by atoms with E-state index < -0.39 is 0 Å². The number of nitrogen functional groups attached to an aromatic ring is 1. The Hall–Kier alpha value is -1.71. The van der Waals surface area contributed by atoms with Crippen molar-refractivity contribution >= 4 is 11.6 Å². The van der Waals surface area contributed by atoms with Crippen LogP contribution in [-0.4, -0.2) is 18.6 Å². The predicted octanol–water partition coefficient (Wildman–Crippen LogP) is 2.73. The van der Waals surface area contributed by atoms with Gasteiger partial charge in [-0.15, -0.1) is 0 Å². The number of amides is 1. The van der Waals surface area contributed by atoms with Crippen LogP contribution in [0.25, 0.3) is 0 Å². The second-order valence-electron chi connectivity index (χ2n) is 6.39. The van der Waals surface area contributed by atoms with Crippen LogP contribution in [0.4, 0.5) is 5.69 Å². The zero-order valence-corrected chi connectivity index (χ0v) is 12.3. The summed E-state index contributed by atoms with van der Waals surface area (Å²) in [5, 5.41) is 3.06. The zero-order valence-electron chi connectivity index (χ0n) is 12.3. The molecule has 1 aliphatic rings. The lowest BCUT2D eigenvalue weighted by Gasteiger charge is -2.35. The van der Waals surface area contributed by atoms with Crippen molar-refractivity contribution in [1.82, 2.24) is 5.32 Å². The molecule has 1 aromatic rings. The Labute approximate surface area is 120 Å². The molecule has 110 valence electrons. The number of carbonyl (C=O) groups is 1. The van der Waals surface area contributed by atoms with Crippen LogP contribution in [0.1, 0.15) is 39.5 Å². The highest BCUT2D eigenvalue weighted by Gasteiger charge is 2.28. The Bertz CT molecular complexity index is 471. The monoisotopic (exact) mass is 276 g/mol. The molecule has 0 spiro atoms. The van der Waals surface area contributed by atoms with Crippen molar-refractivity contribution in [2.24, 2.45) is 5.41 Å². The van der Waals surface area contributed by atoms with Gasteiger partial charge < -0.3 is 15.8 Å². The zero-order chi connectivity index (χ0) is 14.6. The van der Waals surface area contributed by atoms with Gasteiger partial charge in [-0.2, -0.15) is 0 Å². The van der Waals surface area contributed by atoms with Crippen molar-refractivity contribution in [1.29, 1.82) is 0 Å². The molecule has 1 saturated carbocycles. The van der Waals surface area contributed by atoms with E-state index in [9.17, 15) is 4.79 Å². The van der Waals surface area contributed by atoms with E-state index in [-0.39, 0.29) is 18.6 Å². The quantitative estimate of drug-likeness (QED) is 0.831. The maximum absolute atomic E-state index is 11.9. The minimum Gasteiger partial charge on any atom is -0.484 e. The second kappa shape index (κ2) is 6.16. The Morgan fingerprint density at radius 1 is 1.50 bits per heavy atom. The first kappa shape index (κ1) is 14.7. The predicted molar refractivity (Wildman–Crippen MR) is 80.5 cm³/mol. The van der Waals surface area contributed by atoms with Crippen LogP contribution >= 0.6 is 0 Å². The molecule has 4 nitrogen and oxygen atoms in total. The summed E-state index contributed by atoms with van der Waals surface area (Å²) in [5.41, 5.74) is 6.62. The molecule has 1 aromatic carbocycles. The summed E-state index contributed by atoms with van der Waals surface area (Å²) in [6.07, 6.45) is 4.51. The van der Waals surface area contributed by atoms with Crippen molar-refractivity contribution in [2.45, 2.75) is 45.6 Å². The van der Waals surface area contributed by atoms with Gasteiger partial charge in [0.05, 0.1) is 0 Å². The van der Waals surface area contributed by atoms with E-state index in [1.165, 1.54) is 12.8 Å². The minimum absolute atomic E-state index is 0.0420. The number of nitrogens with one attached hydrogen (secondary N) is 1. The SMILES string of the molecule is CC1(C)CCCC(NC(=O)COc2cccc(N)c2)C1. The lowest BCUT2D eigenvalue weighted by molar-refractivity contribution is -0.124. The number of carbonyl (C=O) groups excluding carboxylic acids is 1. The average Bonchev–Trinajstić information content (AvgIpc) is 2.35. The third-order valence-electron chi connectivity index (χ3n) is 3.80. The van der Waals surface area contributed by atoms with Crippen LogP contribution in [0.5, 0.6) is 5.75 Å². The Morgan fingerprint density at radius 2 is 2.30 bits per heavy atom. The third kappa shape index (κ3) is 4.44. The topological polar surface area (TPSA) is 64.3 Å². The molecule has 0 saturated heterocycles. The summed E-state index contributed by atoms with van der Waals surface area (Å²) in [5.74, 6) is 0.569. The minimum atomic E-state index is -0.0601. The fourth-order valence-electron chi connectivity index (χ4n) is 2.84. The van der Waals surface area contributed by atoms with Gasteiger partial charge in [0, 0.05) is 17.8 Å². The van der Waals surface area contributed by atoms with Crippen LogP contribution < -0.4 is 15.8 Å². The number of anilines is 1. The molecule has 0 aliphatic heterocycles. The third-order valence-corrected chi connectivity index (χ3v) is 3.80. The van der Waals surface area contributed by atoms with Gasteiger partial charge in [0.1, 0.15) is 5.75 Å². The molecule has 20 heavy (non-hydrogen) atoms. The summed E-state index contributed by atoms with van der Waals surface area (Å²) in [6, 6.07) is 7.39. The largest absolute Gasteiger partial charge is 0.484 e. The van der Waals surface area contributed by atoms with E-state index in [0.29, 0.717) is 16.9 Å². The number of hydrogen-bond donors (Lipinski definition) is 2. The van der Waals surface area contributed by atoms with Crippen LogP contribution in [0.2, 0.25) is 0 Å². The number of nitrogens with two attached hydrogens (primary N) is 1. The fraction of sp³-hybridized carbons (Fsp3) is 0.562. The first-order chi connectivity index (χ1) is 9.44. The lowest BCUT2D eigenvalue weighted by atomic mass is 9.75. The van der Waals surface area contributed by atoms with Gasteiger partial charge in [-0.05, 0) is 36.8 Å². The van der Waals surface area contributed by atoms with Gasteiger partial charge in [0.15, 0.2) is 6.61 Å². The van der Waals surface area contributed by atoms with Crippen molar-refractivity contribution < 1.29 is 9.53 Å². The first-order valence-corrected chi connectivity index (χ1v) is 7.22. The van der Waals surface area contributed by atoms with Crippen molar-refractivity contribution in [2.75, 3.05) is 12.3 Å². The maximum atomic E-state index is 11.9. The van der Waals surface area contributed by atoms with Gasteiger partial charge >= 0.3 is 0 Å². The molecular formula is C16H24N2O2. The molecular weight excluding hydrogens is 252 g/mol. The van der Waals surface area contributed by atoms with Crippen molar-refractivity contribution in [3.63, 3.8) is 0 Å². The van der Waals surface area contributed by atoms with Crippen molar-refractivity contribution in [3.05, 3.63) is 24.3 Å². The smallest absolute Gasteiger partial charge is 0.258 e. The number of benzene rings is 1. The van der Waals surface area contributed by atoms with E-state index in [0.717, 1.165) is 12.8 Å². The van der Waals surface area contributed by atoms with E-state index in [2.05, 4.69) is 19.2 Å². The molecule has 0 radical (unpaired) electrons. The summed E-state index contributed by atoms with van der Waals surface area (Å²) in [7, 11) is 0. The molecule has 2 rings (SSSR count). The van der Waals surface area contributed by atoms with Gasteiger partial charge in [0.25, 0.3) is 5.91 Å². The molecule has 4 heteroatoms. The Morgan fingerprint density at radius 3 is 3.00 bits per heavy atom. The van der Waals surface area contributed by atoms with E-state index >= 15 is 0 Å².